The van der Waals surface area contributed by atoms with Crippen molar-refractivity contribution in [2.24, 2.45) is 5.73 Å². The topological polar surface area (TPSA) is 84.6 Å². The molecule has 2 aromatic carbocycles. The zero-order chi connectivity index (χ0) is 15.1. The normalized spacial score (nSPS) is 10.1. The van der Waals surface area contributed by atoms with Crippen LogP contribution >= 0.6 is 0 Å². The summed E-state index contributed by atoms with van der Waals surface area (Å²) in [5.41, 5.74) is 7.68. The maximum absolute atomic E-state index is 11.1. The lowest BCUT2D eigenvalue weighted by Crippen LogP contribution is -2.11. The molecule has 0 aliphatic heterocycles. The van der Waals surface area contributed by atoms with Crippen molar-refractivity contribution in [1.29, 1.82) is 0 Å². The summed E-state index contributed by atoms with van der Waals surface area (Å²) < 4.78 is 5.29. The van der Waals surface area contributed by atoms with E-state index in [2.05, 4.69) is 5.32 Å². The zero-order valence-corrected chi connectivity index (χ0v) is 11.6. The summed E-state index contributed by atoms with van der Waals surface area (Å²) in [7, 11) is 0. The predicted octanol–water partition coefficient (Wildman–Crippen LogP) is 1.77. The molecule has 5 heteroatoms. The Morgan fingerprint density at radius 1 is 1.19 bits per heavy atom. The molecule has 4 N–H and O–H groups in total. The van der Waals surface area contributed by atoms with Crippen molar-refractivity contribution < 1.29 is 14.6 Å². The van der Waals surface area contributed by atoms with Gasteiger partial charge >= 0.3 is 0 Å². The van der Waals surface area contributed by atoms with Gasteiger partial charge in [0.15, 0.2) is 0 Å². The van der Waals surface area contributed by atoms with Crippen LogP contribution in [0.5, 0.6) is 5.75 Å². The van der Waals surface area contributed by atoms with Crippen LogP contribution in [0.15, 0.2) is 48.5 Å². The Bertz CT molecular complexity index is 597. The lowest BCUT2D eigenvalue weighted by molar-refractivity contribution is 0.1000. The summed E-state index contributed by atoms with van der Waals surface area (Å²) in [5.74, 6) is 0.285. The van der Waals surface area contributed by atoms with Crippen molar-refractivity contribution in [2.75, 3.05) is 18.5 Å². The van der Waals surface area contributed by atoms with Gasteiger partial charge in [0.05, 0.1) is 6.61 Å². The second-order valence-electron chi connectivity index (χ2n) is 4.51. The molecular weight excluding hydrogens is 268 g/mol. The van der Waals surface area contributed by atoms with Gasteiger partial charge in [-0.25, -0.2) is 0 Å². The molecule has 0 bridgehead atoms. The molecule has 5 nitrogen and oxygen atoms in total. The molecule has 0 heterocycles. The highest BCUT2D eigenvalue weighted by Gasteiger charge is 2.01. The number of anilines is 1. The first-order valence-electron chi connectivity index (χ1n) is 6.65. The second kappa shape index (κ2) is 7.31. The number of amides is 1. The number of hydrogen-bond donors (Lipinski definition) is 3. The lowest BCUT2D eigenvalue weighted by Gasteiger charge is -2.09. The summed E-state index contributed by atoms with van der Waals surface area (Å²) in [6.45, 7) is 0.876. The minimum absolute atomic E-state index is 0.00376. The molecule has 0 saturated carbocycles. The van der Waals surface area contributed by atoms with Crippen molar-refractivity contribution in [1.82, 2.24) is 0 Å². The number of aliphatic hydroxyl groups is 1. The number of benzene rings is 2. The maximum Gasteiger partial charge on any atom is 0.248 e. The molecule has 2 aromatic rings. The van der Waals surface area contributed by atoms with E-state index in [4.69, 9.17) is 15.6 Å². The van der Waals surface area contributed by atoms with Gasteiger partial charge in [-0.3, -0.25) is 4.79 Å². The van der Waals surface area contributed by atoms with Crippen LogP contribution in [0, 0.1) is 0 Å². The lowest BCUT2D eigenvalue weighted by atomic mass is 10.1. The third-order valence-electron chi connectivity index (χ3n) is 2.92. The fraction of sp³-hybridized carbons (Fsp3) is 0.188. The zero-order valence-electron chi connectivity index (χ0n) is 11.6. The van der Waals surface area contributed by atoms with Crippen molar-refractivity contribution >= 4 is 11.6 Å². The van der Waals surface area contributed by atoms with Gasteiger partial charge in [-0.15, -0.1) is 0 Å². The van der Waals surface area contributed by atoms with Crippen LogP contribution in [0.25, 0.3) is 0 Å². The monoisotopic (exact) mass is 286 g/mol. The average molecular weight is 286 g/mol. The molecule has 2 rings (SSSR count). The van der Waals surface area contributed by atoms with E-state index >= 15 is 0 Å². The smallest absolute Gasteiger partial charge is 0.248 e. The Balaban J connectivity index is 1.93. The van der Waals surface area contributed by atoms with Gasteiger partial charge < -0.3 is 20.9 Å². The minimum Gasteiger partial charge on any atom is -0.491 e. The summed E-state index contributed by atoms with van der Waals surface area (Å²) >= 11 is 0. The third kappa shape index (κ3) is 4.50. The van der Waals surface area contributed by atoms with E-state index in [0.717, 1.165) is 11.3 Å². The first kappa shape index (κ1) is 14.9. The van der Waals surface area contributed by atoms with E-state index < -0.39 is 5.91 Å². The Morgan fingerprint density at radius 3 is 2.62 bits per heavy atom. The van der Waals surface area contributed by atoms with Crippen LogP contribution < -0.4 is 15.8 Å². The minimum atomic E-state index is -0.428. The van der Waals surface area contributed by atoms with Crippen LogP contribution in [-0.2, 0) is 6.54 Å². The largest absolute Gasteiger partial charge is 0.491 e. The molecular formula is C16H18N2O3. The molecule has 0 saturated heterocycles. The Hall–Kier alpha value is -2.53. The number of nitrogens with one attached hydrogen (secondary N) is 1. The summed E-state index contributed by atoms with van der Waals surface area (Å²) in [6, 6.07) is 14.7. The SMILES string of the molecule is NC(=O)c1cccc(CNc2ccc(OCCO)cc2)c1. The second-order valence-corrected chi connectivity index (χ2v) is 4.51. The Labute approximate surface area is 123 Å². The number of hydrogen-bond acceptors (Lipinski definition) is 4. The average Bonchev–Trinajstić information content (AvgIpc) is 2.52. The maximum atomic E-state index is 11.1. The number of ether oxygens (including phenoxy) is 1. The summed E-state index contributed by atoms with van der Waals surface area (Å²) in [6.07, 6.45) is 0. The molecule has 21 heavy (non-hydrogen) atoms. The van der Waals surface area contributed by atoms with Gasteiger partial charge in [0.1, 0.15) is 12.4 Å². The molecule has 0 aliphatic rings. The van der Waals surface area contributed by atoms with E-state index in [9.17, 15) is 4.79 Å². The first-order valence-corrected chi connectivity index (χ1v) is 6.65. The standard InChI is InChI=1S/C16H18N2O3/c17-16(20)13-3-1-2-12(10-13)11-18-14-4-6-15(7-5-14)21-9-8-19/h1-7,10,18-19H,8-9,11H2,(H2,17,20). The van der Waals surface area contributed by atoms with E-state index in [1.54, 1.807) is 12.1 Å². The van der Waals surface area contributed by atoms with Crippen LogP contribution in [-0.4, -0.2) is 24.2 Å². The molecule has 110 valence electrons. The Kier molecular flexibility index (Phi) is 5.17. The van der Waals surface area contributed by atoms with Crippen molar-refractivity contribution in [3.05, 3.63) is 59.7 Å². The van der Waals surface area contributed by atoms with Crippen molar-refractivity contribution in [3.8, 4) is 5.75 Å². The molecule has 0 spiro atoms. The fourth-order valence-corrected chi connectivity index (χ4v) is 1.87. The van der Waals surface area contributed by atoms with E-state index in [-0.39, 0.29) is 13.2 Å². The number of primary amides is 1. The van der Waals surface area contributed by atoms with Crippen LogP contribution in [0.1, 0.15) is 15.9 Å². The predicted molar refractivity (Wildman–Crippen MR) is 81.3 cm³/mol. The molecule has 0 fully saturated rings. The molecule has 0 aromatic heterocycles. The van der Waals surface area contributed by atoms with Gasteiger partial charge in [-0.05, 0) is 42.0 Å². The van der Waals surface area contributed by atoms with Gasteiger partial charge in [-0.1, -0.05) is 12.1 Å². The van der Waals surface area contributed by atoms with E-state index in [1.807, 2.05) is 36.4 Å². The van der Waals surface area contributed by atoms with Gasteiger partial charge in [-0.2, -0.15) is 0 Å². The number of nitrogens with two attached hydrogens (primary N) is 1. The molecule has 0 aliphatic carbocycles. The highest BCUT2D eigenvalue weighted by Crippen LogP contribution is 2.16. The van der Waals surface area contributed by atoms with Gasteiger partial charge in [0, 0.05) is 17.8 Å². The molecule has 0 radical (unpaired) electrons. The van der Waals surface area contributed by atoms with Crippen LogP contribution in [0.4, 0.5) is 5.69 Å². The number of carbonyl (C=O) groups excluding carboxylic acids is 1. The summed E-state index contributed by atoms with van der Waals surface area (Å²) in [4.78, 5) is 11.1. The van der Waals surface area contributed by atoms with E-state index in [1.165, 1.54) is 0 Å². The van der Waals surface area contributed by atoms with Crippen LogP contribution in [0.2, 0.25) is 0 Å². The number of aliphatic hydroxyl groups excluding tert-OH is 1. The van der Waals surface area contributed by atoms with E-state index in [0.29, 0.717) is 17.9 Å². The highest BCUT2D eigenvalue weighted by molar-refractivity contribution is 5.92. The quantitative estimate of drug-likeness (QED) is 0.724. The number of carbonyl (C=O) groups is 1. The third-order valence-corrected chi connectivity index (χ3v) is 2.92. The highest BCUT2D eigenvalue weighted by atomic mass is 16.5. The van der Waals surface area contributed by atoms with Gasteiger partial charge in [0.25, 0.3) is 0 Å². The van der Waals surface area contributed by atoms with Crippen LogP contribution in [0.3, 0.4) is 0 Å². The molecule has 1 amide bonds. The molecule has 0 atom stereocenters. The first-order chi connectivity index (χ1) is 10.2. The van der Waals surface area contributed by atoms with Gasteiger partial charge in [0.2, 0.25) is 5.91 Å². The Morgan fingerprint density at radius 2 is 1.95 bits per heavy atom. The van der Waals surface area contributed by atoms with Crippen molar-refractivity contribution in [2.45, 2.75) is 6.54 Å². The summed E-state index contributed by atoms with van der Waals surface area (Å²) in [5, 5.41) is 11.9. The fourth-order valence-electron chi connectivity index (χ4n) is 1.87. The molecule has 0 unspecified atom stereocenters. The van der Waals surface area contributed by atoms with Crippen molar-refractivity contribution in [3.63, 3.8) is 0 Å². The number of rotatable bonds is 7.